The molecule has 0 atom stereocenters. The summed E-state index contributed by atoms with van der Waals surface area (Å²) in [5.41, 5.74) is 0.186. The third-order valence-corrected chi connectivity index (χ3v) is 5.76. The zero-order valence-corrected chi connectivity index (χ0v) is 17.3. The molecule has 162 valence electrons. The highest BCUT2D eigenvalue weighted by molar-refractivity contribution is 6.02. The van der Waals surface area contributed by atoms with Crippen molar-refractivity contribution in [2.24, 2.45) is 0 Å². The fraction of sp³-hybridized carbons (Fsp3) is 0.304. The lowest BCUT2D eigenvalue weighted by atomic mass is 10.0. The van der Waals surface area contributed by atoms with E-state index in [1.165, 1.54) is 12.1 Å². The molecule has 1 amide bonds. The summed E-state index contributed by atoms with van der Waals surface area (Å²) in [7, 11) is 4.04. The maximum absolute atomic E-state index is 14.6. The Bertz CT molecular complexity index is 1130. The van der Waals surface area contributed by atoms with Crippen LogP contribution < -0.4 is 5.32 Å². The molecule has 4 rings (SSSR count). The summed E-state index contributed by atoms with van der Waals surface area (Å²) in [6.45, 7) is 1.21. The van der Waals surface area contributed by atoms with Crippen LogP contribution >= 0.6 is 0 Å². The van der Waals surface area contributed by atoms with Crippen LogP contribution in [0.4, 0.5) is 24.5 Å². The van der Waals surface area contributed by atoms with E-state index in [1.54, 1.807) is 29.2 Å². The van der Waals surface area contributed by atoms with Gasteiger partial charge in [0.2, 0.25) is 5.82 Å². The van der Waals surface area contributed by atoms with E-state index >= 15 is 0 Å². The fourth-order valence-electron chi connectivity index (χ4n) is 4.01. The molecule has 0 radical (unpaired) electrons. The van der Waals surface area contributed by atoms with Crippen LogP contribution in [0.5, 0.6) is 0 Å². The van der Waals surface area contributed by atoms with E-state index in [9.17, 15) is 18.0 Å². The number of fused-ring (bicyclic) bond motifs is 1. The van der Waals surface area contributed by atoms with Gasteiger partial charge in [-0.3, -0.25) is 4.79 Å². The molecule has 1 aliphatic heterocycles. The zero-order chi connectivity index (χ0) is 22.1. The number of carbonyl (C=O) groups excluding carboxylic acids is 1. The van der Waals surface area contributed by atoms with Crippen molar-refractivity contribution in [3.63, 3.8) is 0 Å². The Labute approximate surface area is 178 Å². The van der Waals surface area contributed by atoms with E-state index in [0.29, 0.717) is 24.7 Å². The lowest BCUT2D eigenvalue weighted by Gasteiger charge is -2.35. The molecule has 0 aliphatic carbocycles. The van der Waals surface area contributed by atoms with E-state index in [2.05, 4.69) is 15.2 Å². The van der Waals surface area contributed by atoms with Crippen molar-refractivity contribution in [3.8, 4) is 0 Å². The molecule has 0 saturated carbocycles. The second-order valence-corrected chi connectivity index (χ2v) is 7.88. The molecular weight excluding hydrogens is 405 g/mol. The van der Waals surface area contributed by atoms with E-state index in [-0.39, 0.29) is 28.2 Å². The van der Waals surface area contributed by atoms with Crippen LogP contribution in [0.15, 0.2) is 42.5 Å². The molecule has 1 aromatic heterocycles. The van der Waals surface area contributed by atoms with Crippen LogP contribution in [0, 0.1) is 17.6 Å². The van der Waals surface area contributed by atoms with Gasteiger partial charge in [0.15, 0.2) is 0 Å². The summed E-state index contributed by atoms with van der Waals surface area (Å²) >= 11 is 0. The first-order chi connectivity index (χ1) is 14.9. The van der Waals surface area contributed by atoms with Crippen molar-refractivity contribution in [1.29, 1.82) is 0 Å². The number of benzene rings is 2. The number of halogens is 3. The number of likely N-dealkylation sites (tertiary alicyclic amines) is 1. The number of carbonyl (C=O) groups is 1. The topological polar surface area (TPSA) is 48.5 Å². The van der Waals surface area contributed by atoms with Gasteiger partial charge in [-0.05, 0) is 51.2 Å². The lowest BCUT2D eigenvalue weighted by Crippen LogP contribution is -2.44. The number of anilines is 2. The van der Waals surface area contributed by atoms with E-state index in [1.807, 2.05) is 14.1 Å². The summed E-state index contributed by atoms with van der Waals surface area (Å²) in [6, 6.07) is 10.9. The van der Waals surface area contributed by atoms with Gasteiger partial charge in [-0.15, -0.1) is 0 Å². The first kappa shape index (κ1) is 21.1. The van der Waals surface area contributed by atoms with Crippen LogP contribution in [-0.4, -0.2) is 53.9 Å². The monoisotopic (exact) mass is 428 g/mol. The lowest BCUT2D eigenvalue weighted by molar-refractivity contribution is 0.0664. The van der Waals surface area contributed by atoms with Crippen molar-refractivity contribution in [1.82, 2.24) is 14.8 Å². The first-order valence-electron chi connectivity index (χ1n) is 10.1. The Morgan fingerprint density at radius 2 is 1.77 bits per heavy atom. The molecule has 5 nitrogen and oxygen atoms in total. The standard InChI is InChI=1S/C23H23F3N4O/c1-29(2)14-10-12-30(13-11-14)23(31)15-6-3-4-8-17(15)27-21-19-16(24)7-5-9-18(19)28-22(26)20(21)25/h3-9,14H,10-13H2,1-2H3,(H,27,28). The number of hydrogen-bond donors (Lipinski definition) is 1. The van der Waals surface area contributed by atoms with Crippen molar-refractivity contribution in [2.45, 2.75) is 18.9 Å². The highest BCUT2D eigenvalue weighted by Crippen LogP contribution is 2.33. The molecule has 2 heterocycles. The number of nitrogens with one attached hydrogen (secondary N) is 1. The van der Waals surface area contributed by atoms with Gasteiger partial charge in [0.05, 0.1) is 27.8 Å². The Balaban J connectivity index is 1.68. The minimum Gasteiger partial charge on any atom is -0.352 e. The largest absolute Gasteiger partial charge is 0.352 e. The second kappa shape index (κ2) is 8.55. The van der Waals surface area contributed by atoms with E-state index in [0.717, 1.165) is 18.9 Å². The molecule has 0 unspecified atom stereocenters. The number of para-hydroxylation sites is 1. The minimum atomic E-state index is -1.34. The summed E-state index contributed by atoms with van der Waals surface area (Å²) < 4.78 is 43.2. The molecule has 1 aliphatic rings. The molecule has 2 aromatic carbocycles. The van der Waals surface area contributed by atoms with Crippen LogP contribution in [0.3, 0.4) is 0 Å². The molecule has 1 N–H and O–H groups in total. The molecule has 8 heteroatoms. The van der Waals surface area contributed by atoms with E-state index in [4.69, 9.17) is 0 Å². The third kappa shape index (κ3) is 4.07. The number of nitrogens with zero attached hydrogens (tertiary/aromatic N) is 3. The minimum absolute atomic E-state index is 0.0176. The number of amides is 1. The molecule has 31 heavy (non-hydrogen) atoms. The Hall–Kier alpha value is -3.13. The Morgan fingerprint density at radius 1 is 1.06 bits per heavy atom. The first-order valence-corrected chi connectivity index (χ1v) is 10.1. The van der Waals surface area contributed by atoms with Gasteiger partial charge in [0.1, 0.15) is 5.82 Å². The number of aromatic nitrogens is 1. The van der Waals surface area contributed by atoms with Gasteiger partial charge in [0.25, 0.3) is 11.9 Å². The van der Waals surface area contributed by atoms with Crippen LogP contribution in [0.2, 0.25) is 0 Å². The van der Waals surface area contributed by atoms with E-state index < -0.39 is 17.6 Å². The van der Waals surface area contributed by atoms with Gasteiger partial charge in [-0.2, -0.15) is 8.78 Å². The molecule has 0 bridgehead atoms. The Morgan fingerprint density at radius 3 is 2.48 bits per heavy atom. The van der Waals surface area contributed by atoms with Crippen LogP contribution in [-0.2, 0) is 0 Å². The summed E-state index contributed by atoms with van der Waals surface area (Å²) in [5, 5.41) is 2.59. The Kier molecular flexibility index (Phi) is 5.82. The predicted octanol–water partition coefficient (Wildman–Crippen LogP) is 4.56. The predicted molar refractivity (Wildman–Crippen MR) is 114 cm³/mol. The van der Waals surface area contributed by atoms with Gasteiger partial charge in [0, 0.05) is 19.1 Å². The fourth-order valence-corrected chi connectivity index (χ4v) is 4.01. The van der Waals surface area contributed by atoms with Crippen molar-refractivity contribution < 1.29 is 18.0 Å². The molecular formula is C23H23F3N4O. The quantitative estimate of drug-likeness (QED) is 0.619. The highest BCUT2D eigenvalue weighted by atomic mass is 19.2. The zero-order valence-electron chi connectivity index (χ0n) is 17.3. The van der Waals surface area contributed by atoms with Gasteiger partial charge in [-0.25, -0.2) is 9.37 Å². The number of piperidine rings is 1. The average Bonchev–Trinajstić information content (AvgIpc) is 2.77. The molecule has 0 spiro atoms. The number of pyridine rings is 1. The molecule has 1 saturated heterocycles. The normalized spacial score (nSPS) is 15.0. The number of hydrogen-bond acceptors (Lipinski definition) is 4. The van der Waals surface area contributed by atoms with Gasteiger partial charge < -0.3 is 15.1 Å². The summed E-state index contributed by atoms with van der Waals surface area (Å²) in [4.78, 5) is 20.6. The van der Waals surface area contributed by atoms with Crippen molar-refractivity contribution in [3.05, 3.63) is 65.6 Å². The average molecular weight is 428 g/mol. The SMILES string of the molecule is CN(C)C1CCN(C(=O)c2ccccc2Nc2c(F)c(F)nc3cccc(F)c23)CC1. The molecule has 3 aromatic rings. The summed E-state index contributed by atoms with van der Waals surface area (Å²) in [5.74, 6) is -3.58. The highest BCUT2D eigenvalue weighted by Gasteiger charge is 2.26. The van der Waals surface area contributed by atoms with Crippen molar-refractivity contribution >= 4 is 28.2 Å². The van der Waals surface area contributed by atoms with Crippen LogP contribution in [0.1, 0.15) is 23.2 Å². The maximum atomic E-state index is 14.6. The third-order valence-electron chi connectivity index (χ3n) is 5.76. The maximum Gasteiger partial charge on any atom is 0.255 e. The molecule has 1 fully saturated rings. The number of rotatable bonds is 4. The smallest absolute Gasteiger partial charge is 0.255 e. The van der Waals surface area contributed by atoms with Crippen LogP contribution in [0.25, 0.3) is 10.9 Å². The second-order valence-electron chi connectivity index (χ2n) is 7.88. The summed E-state index contributed by atoms with van der Waals surface area (Å²) in [6.07, 6.45) is 1.71. The van der Waals surface area contributed by atoms with Gasteiger partial charge >= 0.3 is 0 Å². The van der Waals surface area contributed by atoms with Gasteiger partial charge in [-0.1, -0.05) is 18.2 Å². The van der Waals surface area contributed by atoms with Crippen molar-refractivity contribution in [2.75, 3.05) is 32.5 Å².